The highest BCUT2D eigenvalue weighted by Gasteiger charge is 2.19. The molecule has 29 heavy (non-hydrogen) atoms. The fourth-order valence-electron chi connectivity index (χ4n) is 4.14. The zero-order valence-electron chi connectivity index (χ0n) is 16.4. The van der Waals surface area contributed by atoms with E-state index in [1.807, 2.05) is 24.3 Å². The second-order valence-electron chi connectivity index (χ2n) is 7.87. The lowest BCUT2D eigenvalue weighted by Crippen LogP contribution is -2.09. The maximum Gasteiger partial charge on any atom is 0.303 e. The summed E-state index contributed by atoms with van der Waals surface area (Å²) in [6.07, 6.45) is 5.48. The largest absolute Gasteiger partial charge is 0.491 e. The number of aryl methyl sites for hydroxylation is 1. The van der Waals surface area contributed by atoms with Gasteiger partial charge in [-0.05, 0) is 65.3 Å². The summed E-state index contributed by atoms with van der Waals surface area (Å²) in [4.78, 5) is 11.0. The van der Waals surface area contributed by atoms with E-state index in [4.69, 9.17) is 21.4 Å². The Kier molecular flexibility index (Phi) is 6.05. The van der Waals surface area contributed by atoms with Crippen LogP contribution in [-0.2, 0) is 11.2 Å². The van der Waals surface area contributed by atoms with E-state index in [1.54, 1.807) is 0 Å². The molecule has 3 nitrogen and oxygen atoms in total. The van der Waals surface area contributed by atoms with Crippen LogP contribution in [0.4, 0.5) is 0 Å². The monoisotopic (exact) mass is 408 g/mol. The Hall–Kier alpha value is -2.52. The van der Waals surface area contributed by atoms with Gasteiger partial charge in [-0.15, -0.1) is 0 Å². The van der Waals surface area contributed by atoms with Gasteiger partial charge in [0.15, 0.2) is 0 Å². The molecule has 1 saturated carbocycles. The summed E-state index contributed by atoms with van der Waals surface area (Å²) in [6.45, 7) is 0.675. The fourth-order valence-corrected chi connectivity index (χ4v) is 4.44. The van der Waals surface area contributed by atoms with Crippen molar-refractivity contribution in [2.45, 2.75) is 38.5 Å². The molecule has 0 atom stereocenters. The molecule has 4 rings (SSSR count). The van der Waals surface area contributed by atoms with Gasteiger partial charge in [-0.2, -0.15) is 0 Å². The summed E-state index contributed by atoms with van der Waals surface area (Å²) in [5, 5.41) is 11.9. The first kappa shape index (κ1) is 19.8. The Bertz CT molecular complexity index is 1020. The number of halogens is 1. The molecule has 0 amide bonds. The van der Waals surface area contributed by atoms with Crippen LogP contribution in [0.15, 0.2) is 54.6 Å². The first-order valence-electron chi connectivity index (χ1n) is 10.3. The third kappa shape index (κ3) is 4.73. The van der Waals surface area contributed by atoms with Crippen LogP contribution in [0, 0.1) is 5.92 Å². The molecule has 0 bridgehead atoms. The number of aliphatic carboxylic acids is 1. The number of carboxylic acids is 1. The van der Waals surface area contributed by atoms with E-state index in [1.165, 1.54) is 31.1 Å². The summed E-state index contributed by atoms with van der Waals surface area (Å²) < 4.78 is 6.25. The zero-order valence-corrected chi connectivity index (χ0v) is 17.1. The van der Waals surface area contributed by atoms with E-state index in [2.05, 4.69) is 30.3 Å². The number of hydrogen-bond acceptors (Lipinski definition) is 2. The molecule has 150 valence electrons. The van der Waals surface area contributed by atoms with E-state index in [0.717, 1.165) is 22.1 Å². The van der Waals surface area contributed by atoms with Gasteiger partial charge < -0.3 is 9.84 Å². The number of ether oxygens (including phenoxy) is 1. The molecule has 0 saturated heterocycles. The lowest BCUT2D eigenvalue weighted by Gasteiger charge is -2.18. The number of carbonyl (C=O) groups is 1. The zero-order chi connectivity index (χ0) is 20.2. The molecular weight excluding hydrogens is 384 g/mol. The molecule has 0 aromatic heterocycles. The Labute approximate surface area is 176 Å². The van der Waals surface area contributed by atoms with Gasteiger partial charge in [0.2, 0.25) is 0 Å². The third-order valence-electron chi connectivity index (χ3n) is 5.73. The van der Waals surface area contributed by atoms with Crippen molar-refractivity contribution in [1.29, 1.82) is 0 Å². The highest BCUT2D eigenvalue weighted by atomic mass is 35.5. The summed E-state index contributed by atoms with van der Waals surface area (Å²) in [5.74, 6) is 0.477. The first-order chi connectivity index (χ1) is 14.1. The summed E-state index contributed by atoms with van der Waals surface area (Å²) >= 11 is 6.63. The van der Waals surface area contributed by atoms with E-state index in [0.29, 0.717) is 29.7 Å². The smallest absolute Gasteiger partial charge is 0.303 e. The average Bonchev–Trinajstić information content (AvgIpc) is 3.24. The number of rotatable bonds is 7. The van der Waals surface area contributed by atoms with Gasteiger partial charge in [-0.1, -0.05) is 60.8 Å². The average molecular weight is 409 g/mol. The first-order valence-corrected chi connectivity index (χ1v) is 10.6. The van der Waals surface area contributed by atoms with Crippen molar-refractivity contribution in [3.63, 3.8) is 0 Å². The summed E-state index contributed by atoms with van der Waals surface area (Å²) in [6, 6.07) is 18.4. The molecular formula is C25H25ClO3. The molecule has 1 N–H and O–H groups in total. The Balaban J connectivity index is 1.72. The van der Waals surface area contributed by atoms with Crippen molar-refractivity contribution in [3.8, 4) is 16.9 Å². The minimum Gasteiger partial charge on any atom is -0.491 e. The van der Waals surface area contributed by atoms with Crippen LogP contribution < -0.4 is 4.74 Å². The predicted molar refractivity (Wildman–Crippen MR) is 118 cm³/mol. The lowest BCUT2D eigenvalue weighted by molar-refractivity contribution is -0.136. The number of benzene rings is 3. The molecule has 3 aromatic carbocycles. The van der Waals surface area contributed by atoms with Crippen LogP contribution in [0.3, 0.4) is 0 Å². The topological polar surface area (TPSA) is 46.5 Å². The molecule has 1 aliphatic carbocycles. The number of fused-ring (bicyclic) bond motifs is 1. The highest BCUT2D eigenvalue weighted by Crippen LogP contribution is 2.40. The minimum atomic E-state index is -0.810. The highest BCUT2D eigenvalue weighted by molar-refractivity contribution is 6.32. The second kappa shape index (κ2) is 8.87. The Morgan fingerprint density at radius 1 is 1.03 bits per heavy atom. The van der Waals surface area contributed by atoms with Crippen LogP contribution in [-0.4, -0.2) is 17.7 Å². The third-order valence-corrected chi connectivity index (χ3v) is 6.01. The van der Waals surface area contributed by atoms with Crippen LogP contribution >= 0.6 is 11.6 Å². The van der Waals surface area contributed by atoms with Crippen molar-refractivity contribution in [2.24, 2.45) is 5.92 Å². The molecule has 0 heterocycles. The molecule has 1 aliphatic rings. The summed E-state index contributed by atoms with van der Waals surface area (Å²) in [5.41, 5.74) is 2.87. The summed E-state index contributed by atoms with van der Waals surface area (Å²) in [7, 11) is 0. The van der Waals surface area contributed by atoms with Gasteiger partial charge in [0.25, 0.3) is 0 Å². The van der Waals surface area contributed by atoms with Crippen LogP contribution in [0.2, 0.25) is 5.02 Å². The van der Waals surface area contributed by atoms with Crippen molar-refractivity contribution < 1.29 is 14.6 Å². The van der Waals surface area contributed by atoms with Gasteiger partial charge in [0.1, 0.15) is 5.75 Å². The van der Waals surface area contributed by atoms with Crippen LogP contribution in [0.25, 0.3) is 21.9 Å². The van der Waals surface area contributed by atoms with Crippen LogP contribution in [0.5, 0.6) is 5.75 Å². The molecule has 0 unspecified atom stereocenters. The maximum absolute atomic E-state index is 11.0. The number of carboxylic acid groups (broad SMARTS) is 1. The lowest BCUT2D eigenvalue weighted by atomic mass is 9.97. The fraction of sp³-hybridized carbons (Fsp3) is 0.320. The van der Waals surface area contributed by atoms with Gasteiger partial charge in [-0.3, -0.25) is 4.79 Å². The predicted octanol–water partition coefficient (Wildman–Crippen LogP) is 6.75. The van der Waals surface area contributed by atoms with E-state index in [-0.39, 0.29) is 6.42 Å². The van der Waals surface area contributed by atoms with E-state index in [9.17, 15) is 4.79 Å². The standard InChI is InChI=1S/C25H25ClO3/c26-23-14-18(9-12-24(27)28)13-22(25(23)29-16-17-5-1-2-6-17)21-11-10-19-7-3-4-8-20(19)15-21/h3-4,7-8,10-11,13-15,17H,1-2,5-6,9,12,16H2,(H,27,28). The minimum absolute atomic E-state index is 0.0791. The number of hydrogen-bond donors (Lipinski definition) is 1. The van der Waals surface area contributed by atoms with Gasteiger partial charge >= 0.3 is 5.97 Å². The van der Waals surface area contributed by atoms with Crippen molar-refractivity contribution in [2.75, 3.05) is 6.61 Å². The quantitative estimate of drug-likeness (QED) is 0.470. The van der Waals surface area contributed by atoms with Gasteiger partial charge in [0, 0.05) is 12.0 Å². The van der Waals surface area contributed by atoms with Crippen LogP contribution in [0.1, 0.15) is 37.7 Å². The molecule has 1 fully saturated rings. The Morgan fingerprint density at radius 3 is 2.55 bits per heavy atom. The van der Waals surface area contributed by atoms with Crippen molar-refractivity contribution in [3.05, 3.63) is 65.2 Å². The SMILES string of the molecule is O=C(O)CCc1cc(Cl)c(OCC2CCCC2)c(-c2ccc3ccccc3c2)c1. The van der Waals surface area contributed by atoms with Gasteiger partial charge in [-0.25, -0.2) is 0 Å². The van der Waals surface area contributed by atoms with E-state index < -0.39 is 5.97 Å². The maximum atomic E-state index is 11.0. The van der Waals surface area contributed by atoms with E-state index >= 15 is 0 Å². The molecule has 0 radical (unpaired) electrons. The molecule has 0 aliphatic heterocycles. The molecule has 0 spiro atoms. The van der Waals surface area contributed by atoms with Crippen molar-refractivity contribution in [1.82, 2.24) is 0 Å². The molecule has 3 aromatic rings. The normalized spacial score (nSPS) is 14.4. The van der Waals surface area contributed by atoms with Gasteiger partial charge in [0.05, 0.1) is 11.6 Å². The molecule has 4 heteroatoms. The Morgan fingerprint density at radius 2 is 1.79 bits per heavy atom. The second-order valence-corrected chi connectivity index (χ2v) is 8.28. The van der Waals surface area contributed by atoms with Crippen molar-refractivity contribution >= 4 is 28.3 Å².